The maximum absolute atomic E-state index is 11.4. The monoisotopic (exact) mass is 251 g/mol. The number of nitrogens with one attached hydrogen (secondary N) is 1. The van der Waals surface area contributed by atoms with Crippen molar-refractivity contribution in [1.29, 1.82) is 0 Å². The van der Waals surface area contributed by atoms with Crippen LogP contribution in [-0.2, 0) is 9.59 Å². The second-order valence-corrected chi connectivity index (χ2v) is 3.77. The Morgan fingerprint density at radius 3 is 2.67 bits per heavy atom. The van der Waals surface area contributed by atoms with E-state index in [0.29, 0.717) is 24.5 Å². The Bertz CT molecular complexity index is 417. The summed E-state index contributed by atoms with van der Waals surface area (Å²) < 4.78 is 10.3. The first-order chi connectivity index (χ1) is 8.61. The van der Waals surface area contributed by atoms with Crippen molar-refractivity contribution in [3.05, 3.63) is 24.3 Å². The fourth-order valence-corrected chi connectivity index (χ4v) is 1.27. The average Bonchev–Trinajstić information content (AvgIpc) is 2.36. The number of benzene rings is 1. The van der Waals surface area contributed by atoms with Crippen LogP contribution < -0.4 is 14.8 Å². The van der Waals surface area contributed by atoms with Gasteiger partial charge in [0, 0.05) is 19.0 Å². The van der Waals surface area contributed by atoms with Crippen molar-refractivity contribution in [2.75, 3.05) is 20.3 Å². The lowest BCUT2D eigenvalue weighted by atomic mass is 10.3. The van der Waals surface area contributed by atoms with Gasteiger partial charge in [0.2, 0.25) is 0 Å². The van der Waals surface area contributed by atoms with Crippen molar-refractivity contribution in [2.45, 2.75) is 13.3 Å². The summed E-state index contributed by atoms with van der Waals surface area (Å²) in [6.07, 6.45) is 0.338. The highest BCUT2D eigenvalue weighted by Crippen LogP contribution is 2.18. The minimum absolute atomic E-state index is 0.0454. The molecule has 0 radical (unpaired) electrons. The molecule has 5 nitrogen and oxygen atoms in total. The van der Waals surface area contributed by atoms with Crippen LogP contribution in [0, 0.1) is 0 Å². The molecule has 18 heavy (non-hydrogen) atoms. The van der Waals surface area contributed by atoms with Crippen molar-refractivity contribution in [3.63, 3.8) is 0 Å². The van der Waals surface area contributed by atoms with Gasteiger partial charge in [-0.2, -0.15) is 0 Å². The molecule has 0 saturated carbocycles. The van der Waals surface area contributed by atoms with Gasteiger partial charge in [0.25, 0.3) is 5.91 Å². The SMILES string of the molecule is COc1cccc(OCC(=O)NCCC(C)=O)c1. The van der Waals surface area contributed by atoms with Crippen molar-refractivity contribution < 1.29 is 19.1 Å². The van der Waals surface area contributed by atoms with Crippen LogP contribution in [0.1, 0.15) is 13.3 Å². The van der Waals surface area contributed by atoms with E-state index in [1.807, 2.05) is 0 Å². The van der Waals surface area contributed by atoms with Crippen LogP contribution in [0.15, 0.2) is 24.3 Å². The van der Waals surface area contributed by atoms with Gasteiger partial charge in [0.1, 0.15) is 17.3 Å². The molecule has 0 aromatic heterocycles. The maximum Gasteiger partial charge on any atom is 0.257 e. The average molecular weight is 251 g/mol. The minimum Gasteiger partial charge on any atom is -0.497 e. The summed E-state index contributed by atoms with van der Waals surface area (Å²) in [6, 6.07) is 7.01. The summed E-state index contributed by atoms with van der Waals surface area (Å²) in [7, 11) is 1.56. The van der Waals surface area contributed by atoms with Crippen LogP contribution in [0.3, 0.4) is 0 Å². The van der Waals surface area contributed by atoms with Gasteiger partial charge in [-0.15, -0.1) is 0 Å². The van der Waals surface area contributed by atoms with Crippen LogP contribution >= 0.6 is 0 Å². The number of Topliss-reactive ketones (excluding diaryl/α,β-unsaturated/α-hetero) is 1. The van der Waals surface area contributed by atoms with Gasteiger partial charge in [0.15, 0.2) is 6.61 Å². The van der Waals surface area contributed by atoms with E-state index in [1.54, 1.807) is 31.4 Å². The molecule has 0 aliphatic rings. The fourth-order valence-electron chi connectivity index (χ4n) is 1.27. The molecule has 1 amide bonds. The van der Waals surface area contributed by atoms with Gasteiger partial charge < -0.3 is 14.8 Å². The molecule has 0 fully saturated rings. The molecule has 5 heteroatoms. The van der Waals surface area contributed by atoms with Gasteiger partial charge in [0.05, 0.1) is 7.11 Å². The zero-order valence-corrected chi connectivity index (χ0v) is 10.6. The smallest absolute Gasteiger partial charge is 0.257 e. The van der Waals surface area contributed by atoms with Crippen LogP contribution in [-0.4, -0.2) is 32.0 Å². The Kier molecular flexibility index (Phi) is 5.70. The van der Waals surface area contributed by atoms with E-state index < -0.39 is 0 Å². The molecular formula is C13H17NO4. The Labute approximate surface area is 106 Å². The number of hydrogen-bond acceptors (Lipinski definition) is 4. The highest BCUT2D eigenvalue weighted by Gasteiger charge is 2.03. The van der Waals surface area contributed by atoms with Crippen molar-refractivity contribution in [2.24, 2.45) is 0 Å². The Hall–Kier alpha value is -2.04. The first-order valence-electron chi connectivity index (χ1n) is 5.65. The minimum atomic E-state index is -0.251. The third-order valence-corrected chi connectivity index (χ3v) is 2.21. The number of hydrogen-bond donors (Lipinski definition) is 1. The molecule has 1 aromatic rings. The van der Waals surface area contributed by atoms with E-state index in [9.17, 15) is 9.59 Å². The number of ketones is 1. The third-order valence-electron chi connectivity index (χ3n) is 2.21. The van der Waals surface area contributed by atoms with E-state index in [-0.39, 0.29) is 18.3 Å². The van der Waals surface area contributed by atoms with Crippen LogP contribution in [0.2, 0.25) is 0 Å². The number of rotatable bonds is 7. The Morgan fingerprint density at radius 1 is 1.28 bits per heavy atom. The summed E-state index contributed by atoms with van der Waals surface area (Å²) in [5.41, 5.74) is 0. The van der Waals surface area contributed by atoms with Gasteiger partial charge in [-0.25, -0.2) is 0 Å². The topological polar surface area (TPSA) is 64.6 Å². The zero-order valence-electron chi connectivity index (χ0n) is 10.6. The van der Waals surface area contributed by atoms with Crippen molar-refractivity contribution in [1.82, 2.24) is 5.32 Å². The Morgan fingerprint density at radius 2 is 2.00 bits per heavy atom. The molecule has 1 N–H and O–H groups in total. The molecule has 0 bridgehead atoms. The van der Waals surface area contributed by atoms with Gasteiger partial charge >= 0.3 is 0 Å². The van der Waals surface area contributed by atoms with Crippen LogP contribution in [0.4, 0.5) is 0 Å². The van der Waals surface area contributed by atoms with E-state index >= 15 is 0 Å². The molecule has 0 heterocycles. The predicted molar refractivity (Wildman–Crippen MR) is 66.8 cm³/mol. The first kappa shape index (κ1) is 14.0. The molecular weight excluding hydrogens is 234 g/mol. The molecule has 0 aliphatic heterocycles. The molecule has 0 saturated heterocycles. The molecule has 98 valence electrons. The molecule has 0 atom stereocenters. The second kappa shape index (κ2) is 7.32. The number of amides is 1. The molecule has 1 aromatic carbocycles. The number of carbonyl (C=O) groups excluding carboxylic acids is 2. The van der Waals surface area contributed by atoms with Gasteiger partial charge in [-0.1, -0.05) is 6.07 Å². The number of ether oxygens (including phenoxy) is 2. The largest absolute Gasteiger partial charge is 0.497 e. The van der Waals surface area contributed by atoms with E-state index in [1.165, 1.54) is 6.92 Å². The standard InChI is InChI=1S/C13H17NO4/c1-10(15)6-7-14-13(16)9-18-12-5-3-4-11(8-12)17-2/h3-5,8H,6-7,9H2,1-2H3,(H,14,16). The predicted octanol–water partition coefficient (Wildman–Crippen LogP) is 1.17. The summed E-state index contributed by atoms with van der Waals surface area (Å²) in [5.74, 6) is 1.03. The Balaban J connectivity index is 2.31. The summed E-state index contributed by atoms with van der Waals surface area (Å²) in [6.45, 7) is 1.75. The lowest BCUT2D eigenvalue weighted by molar-refractivity contribution is -0.123. The second-order valence-electron chi connectivity index (χ2n) is 3.77. The van der Waals surface area contributed by atoms with Crippen molar-refractivity contribution >= 4 is 11.7 Å². The lowest BCUT2D eigenvalue weighted by Crippen LogP contribution is -2.30. The normalized spacial score (nSPS) is 9.67. The van der Waals surface area contributed by atoms with E-state index in [2.05, 4.69) is 5.32 Å². The summed E-state index contributed by atoms with van der Waals surface area (Å²) in [5, 5.41) is 2.60. The van der Waals surface area contributed by atoms with Crippen LogP contribution in [0.5, 0.6) is 11.5 Å². The van der Waals surface area contributed by atoms with E-state index in [0.717, 1.165) is 0 Å². The van der Waals surface area contributed by atoms with E-state index in [4.69, 9.17) is 9.47 Å². The molecule has 0 unspecified atom stereocenters. The summed E-state index contributed by atoms with van der Waals surface area (Å²) in [4.78, 5) is 22.1. The van der Waals surface area contributed by atoms with Crippen LogP contribution in [0.25, 0.3) is 0 Å². The zero-order chi connectivity index (χ0) is 13.4. The molecule has 0 spiro atoms. The highest BCUT2D eigenvalue weighted by molar-refractivity contribution is 5.79. The quantitative estimate of drug-likeness (QED) is 0.790. The molecule has 0 aliphatic carbocycles. The maximum atomic E-state index is 11.4. The number of carbonyl (C=O) groups is 2. The number of methoxy groups -OCH3 is 1. The highest BCUT2D eigenvalue weighted by atomic mass is 16.5. The third kappa shape index (κ3) is 5.34. The van der Waals surface area contributed by atoms with Gasteiger partial charge in [-0.3, -0.25) is 9.59 Å². The van der Waals surface area contributed by atoms with Crippen molar-refractivity contribution in [3.8, 4) is 11.5 Å². The first-order valence-corrected chi connectivity index (χ1v) is 5.65. The fraction of sp³-hybridized carbons (Fsp3) is 0.385. The van der Waals surface area contributed by atoms with Gasteiger partial charge in [-0.05, 0) is 19.1 Å². The lowest BCUT2D eigenvalue weighted by Gasteiger charge is -2.08. The molecule has 1 rings (SSSR count). The summed E-state index contributed by atoms with van der Waals surface area (Å²) >= 11 is 0.